The van der Waals surface area contributed by atoms with Gasteiger partial charge in [-0.2, -0.15) is 0 Å². The summed E-state index contributed by atoms with van der Waals surface area (Å²) in [6.45, 7) is 1.49. The van der Waals surface area contributed by atoms with Crippen molar-refractivity contribution in [1.29, 1.82) is 0 Å². The number of allylic oxidation sites excluding steroid dienone is 1. The van der Waals surface area contributed by atoms with Gasteiger partial charge < -0.3 is 10.5 Å². The summed E-state index contributed by atoms with van der Waals surface area (Å²) in [6, 6.07) is 15.2. The van der Waals surface area contributed by atoms with Crippen molar-refractivity contribution in [3.8, 4) is 11.1 Å². The van der Waals surface area contributed by atoms with Crippen LogP contribution in [0.2, 0.25) is 0 Å². The van der Waals surface area contributed by atoms with E-state index >= 15 is 0 Å². The van der Waals surface area contributed by atoms with Crippen molar-refractivity contribution in [2.75, 3.05) is 20.3 Å². The number of carbonyl (C=O) groups is 1. The Labute approximate surface area is 195 Å². The van der Waals surface area contributed by atoms with E-state index in [1.165, 1.54) is 28.9 Å². The van der Waals surface area contributed by atoms with E-state index in [1.54, 1.807) is 7.05 Å². The van der Waals surface area contributed by atoms with Gasteiger partial charge in [-0.25, -0.2) is 4.99 Å². The highest BCUT2D eigenvalue weighted by atomic mass is 16.5. The third kappa shape index (κ3) is 3.50. The fraction of sp³-hybridized carbons (Fsp3) is 0.429. The van der Waals surface area contributed by atoms with Crippen LogP contribution < -0.4 is 5.73 Å². The second-order valence-electron chi connectivity index (χ2n) is 10.4. The summed E-state index contributed by atoms with van der Waals surface area (Å²) in [4.78, 5) is 20.0. The number of fused-ring (bicyclic) bond motifs is 2. The molecule has 1 unspecified atom stereocenters. The minimum Gasteiger partial charge on any atom is -0.381 e. The average molecular weight is 442 g/mol. The average Bonchev–Trinajstić information content (AvgIpc) is 3.63. The molecule has 2 heterocycles. The summed E-state index contributed by atoms with van der Waals surface area (Å²) >= 11 is 0. The highest BCUT2D eigenvalue weighted by Crippen LogP contribution is 2.54. The molecule has 0 radical (unpaired) electrons. The molecule has 1 atom stereocenters. The Morgan fingerprint density at radius 2 is 1.91 bits per heavy atom. The number of likely N-dealkylation sites (N-methyl/N-ethyl adjacent to an activating group) is 1. The molecule has 2 aromatic carbocycles. The second kappa shape index (κ2) is 7.56. The highest BCUT2D eigenvalue weighted by molar-refractivity contribution is 6.07. The van der Waals surface area contributed by atoms with E-state index in [2.05, 4.69) is 54.6 Å². The molecular formula is C28H31N3O2. The SMILES string of the molecule is CN1C(=O)C2(CC3(CCOCC3)Cc3ccc(-c4cccc(/C=C/C5CC5)c4)cc32)N=C1N. The summed E-state index contributed by atoms with van der Waals surface area (Å²) in [5.41, 5.74) is 11.0. The van der Waals surface area contributed by atoms with E-state index in [4.69, 9.17) is 15.5 Å². The fourth-order valence-electron chi connectivity index (χ4n) is 5.91. The van der Waals surface area contributed by atoms with Crippen LogP contribution in [0.3, 0.4) is 0 Å². The minimum atomic E-state index is -0.927. The quantitative estimate of drug-likeness (QED) is 0.762. The van der Waals surface area contributed by atoms with Crippen LogP contribution in [0.15, 0.2) is 53.5 Å². The van der Waals surface area contributed by atoms with E-state index in [1.807, 2.05) is 0 Å². The summed E-state index contributed by atoms with van der Waals surface area (Å²) in [5.74, 6) is 1.06. The second-order valence-corrected chi connectivity index (χ2v) is 10.4. The van der Waals surface area contributed by atoms with Crippen LogP contribution in [0.1, 0.15) is 48.8 Å². The molecule has 6 rings (SSSR count). The Balaban J connectivity index is 1.44. The molecule has 0 bridgehead atoms. The Kier molecular flexibility index (Phi) is 4.73. The van der Waals surface area contributed by atoms with Crippen molar-refractivity contribution in [3.05, 3.63) is 65.2 Å². The van der Waals surface area contributed by atoms with Crippen molar-refractivity contribution in [3.63, 3.8) is 0 Å². The Hall–Kier alpha value is -2.92. The lowest BCUT2D eigenvalue weighted by molar-refractivity contribution is -0.133. The van der Waals surface area contributed by atoms with Gasteiger partial charge in [-0.1, -0.05) is 42.5 Å². The summed E-state index contributed by atoms with van der Waals surface area (Å²) in [5, 5.41) is 0. The molecule has 2 spiro atoms. The Bertz CT molecular complexity index is 1170. The molecule has 1 saturated carbocycles. The van der Waals surface area contributed by atoms with Crippen molar-refractivity contribution in [2.45, 2.75) is 44.1 Å². The number of hydrogen-bond donors (Lipinski definition) is 1. The maximum atomic E-state index is 13.6. The fourth-order valence-corrected chi connectivity index (χ4v) is 5.91. The van der Waals surface area contributed by atoms with E-state index < -0.39 is 5.54 Å². The number of aliphatic imine (C=N–C) groups is 1. The summed E-state index contributed by atoms with van der Waals surface area (Å²) < 4.78 is 5.67. The number of nitrogens with zero attached hydrogens (tertiary/aromatic N) is 2. The number of rotatable bonds is 3. The van der Waals surface area contributed by atoms with Crippen LogP contribution in [-0.4, -0.2) is 37.0 Å². The molecule has 2 aromatic rings. The van der Waals surface area contributed by atoms with Gasteiger partial charge in [0.15, 0.2) is 11.5 Å². The smallest absolute Gasteiger partial charge is 0.261 e. The van der Waals surface area contributed by atoms with Crippen molar-refractivity contribution in [2.24, 2.45) is 22.1 Å². The molecule has 33 heavy (non-hydrogen) atoms. The molecule has 2 aliphatic heterocycles. The molecule has 2 fully saturated rings. The van der Waals surface area contributed by atoms with E-state index in [0.29, 0.717) is 12.4 Å². The molecule has 5 nitrogen and oxygen atoms in total. The number of nitrogens with two attached hydrogens (primary N) is 1. The van der Waals surface area contributed by atoms with Gasteiger partial charge in [0.1, 0.15) is 0 Å². The monoisotopic (exact) mass is 441 g/mol. The molecular weight excluding hydrogens is 410 g/mol. The molecule has 4 aliphatic rings. The van der Waals surface area contributed by atoms with Gasteiger partial charge in [0.2, 0.25) is 0 Å². The molecule has 0 aromatic heterocycles. The molecule has 5 heteroatoms. The Morgan fingerprint density at radius 3 is 2.64 bits per heavy atom. The first-order valence-electron chi connectivity index (χ1n) is 12.1. The normalized spacial score (nSPS) is 26.3. The van der Waals surface area contributed by atoms with Gasteiger partial charge in [0.05, 0.1) is 0 Å². The lowest BCUT2D eigenvalue weighted by Crippen LogP contribution is -2.49. The number of carbonyl (C=O) groups excluding carboxylic acids is 1. The molecule has 2 N–H and O–H groups in total. The molecule has 1 amide bonds. The number of guanidine groups is 1. The van der Waals surface area contributed by atoms with Gasteiger partial charge in [0.25, 0.3) is 5.91 Å². The topological polar surface area (TPSA) is 67.9 Å². The lowest BCUT2D eigenvalue weighted by Gasteiger charge is -2.47. The molecule has 1 saturated heterocycles. The zero-order chi connectivity index (χ0) is 22.6. The molecule has 170 valence electrons. The van der Waals surface area contributed by atoms with Gasteiger partial charge in [0, 0.05) is 20.3 Å². The van der Waals surface area contributed by atoms with E-state index in [0.717, 1.165) is 55.1 Å². The van der Waals surface area contributed by atoms with Crippen LogP contribution in [0.5, 0.6) is 0 Å². The predicted octanol–water partition coefficient (Wildman–Crippen LogP) is 4.50. The third-order valence-corrected chi connectivity index (χ3v) is 8.02. The van der Waals surface area contributed by atoms with Crippen LogP contribution in [0.25, 0.3) is 17.2 Å². The number of ether oxygens (including phenoxy) is 1. The maximum absolute atomic E-state index is 13.6. The first-order chi connectivity index (χ1) is 16.0. The minimum absolute atomic E-state index is 0.00918. The van der Waals surface area contributed by atoms with Gasteiger partial charge in [-0.3, -0.25) is 9.69 Å². The lowest BCUT2D eigenvalue weighted by atomic mass is 9.60. The van der Waals surface area contributed by atoms with Crippen LogP contribution in [0, 0.1) is 11.3 Å². The van der Waals surface area contributed by atoms with Gasteiger partial charge >= 0.3 is 0 Å². The maximum Gasteiger partial charge on any atom is 0.261 e. The number of benzene rings is 2. The highest BCUT2D eigenvalue weighted by Gasteiger charge is 2.56. The standard InChI is InChI=1S/C28H31N3O2/c1-31-25(32)28(30-26(31)29)18-27(11-13-33-14-12-27)17-23-10-9-22(16-24(23)28)21-4-2-3-20(15-21)8-7-19-5-6-19/h2-4,7-10,15-16,19H,5-6,11-14,17-18H2,1H3,(H2,29,30)/b8-7+. The third-order valence-electron chi connectivity index (χ3n) is 8.02. The first kappa shape index (κ1) is 20.7. The largest absolute Gasteiger partial charge is 0.381 e. The predicted molar refractivity (Wildman–Crippen MR) is 131 cm³/mol. The van der Waals surface area contributed by atoms with E-state index in [-0.39, 0.29) is 11.3 Å². The van der Waals surface area contributed by atoms with Gasteiger partial charge in [-0.05, 0) is 89.8 Å². The first-order valence-corrected chi connectivity index (χ1v) is 12.1. The van der Waals surface area contributed by atoms with Crippen molar-refractivity contribution in [1.82, 2.24) is 4.90 Å². The molecule has 2 aliphatic carbocycles. The van der Waals surface area contributed by atoms with Crippen molar-refractivity contribution >= 4 is 17.9 Å². The van der Waals surface area contributed by atoms with Crippen LogP contribution in [-0.2, 0) is 21.5 Å². The zero-order valence-corrected chi connectivity index (χ0v) is 19.2. The van der Waals surface area contributed by atoms with E-state index in [9.17, 15) is 4.79 Å². The summed E-state index contributed by atoms with van der Waals surface area (Å²) in [7, 11) is 1.74. The zero-order valence-electron chi connectivity index (χ0n) is 19.2. The number of amides is 1. The van der Waals surface area contributed by atoms with Crippen LogP contribution in [0.4, 0.5) is 0 Å². The summed E-state index contributed by atoms with van der Waals surface area (Å²) in [6.07, 6.45) is 10.7. The van der Waals surface area contributed by atoms with Crippen molar-refractivity contribution < 1.29 is 9.53 Å². The van der Waals surface area contributed by atoms with Crippen LogP contribution >= 0.6 is 0 Å². The van der Waals surface area contributed by atoms with Gasteiger partial charge in [-0.15, -0.1) is 0 Å². The Morgan fingerprint density at radius 1 is 1.12 bits per heavy atom. The number of hydrogen-bond acceptors (Lipinski definition) is 4.